The maximum Gasteiger partial charge on any atom is 0.306 e. The van der Waals surface area contributed by atoms with Gasteiger partial charge in [0.05, 0.1) is 40.0 Å². The number of unbranched alkanes of at least 4 members (excludes halogenated alkanes) is 22. The van der Waals surface area contributed by atoms with E-state index in [-0.39, 0.29) is 38.3 Å². The van der Waals surface area contributed by atoms with Gasteiger partial charge in [0.15, 0.2) is 6.10 Å². The number of allylic oxidation sites excluding steroid dienone is 4. The van der Waals surface area contributed by atoms with Gasteiger partial charge in [-0.05, 0) is 51.4 Å². The number of likely N-dealkylation sites (N-methyl/N-ethyl adjacent to an activating group) is 1. The summed E-state index contributed by atoms with van der Waals surface area (Å²) in [5.41, 5.74) is 0. The van der Waals surface area contributed by atoms with Crippen molar-refractivity contribution >= 4 is 19.8 Å². The number of hydrogen-bond acceptors (Lipinski definition) is 9. The quantitative estimate of drug-likeness (QED) is 0.0147. The van der Waals surface area contributed by atoms with E-state index in [4.69, 9.17) is 23.3 Å². The van der Waals surface area contributed by atoms with Gasteiger partial charge in [-0.1, -0.05) is 179 Å². The highest BCUT2D eigenvalue weighted by atomic mass is 31.2. The van der Waals surface area contributed by atoms with Crippen LogP contribution in [0.5, 0.6) is 0 Å². The molecule has 0 aliphatic carbocycles. The summed E-state index contributed by atoms with van der Waals surface area (Å²) in [4.78, 5) is 37.7. The van der Waals surface area contributed by atoms with Crippen LogP contribution in [0.25, 0.3) is 0 Å². The molecule has 0 aromatic heterocycles. The first-order chi connectivity index (χ1) is 29.5. The van der Waals surface area contributed by atoms with Crippen molar-refractivity contribution in [3.63, 3.8) is 0 Å². The molecule has 356 valence electrons. The lowest BCUT2D eigenvalue weighted by Crippen LogP contribution is -2.37. The van der Waals surface area contributed by atoms with Gasteiger partial charge in [0.1, 0.15) is 19.8 Å². The van der Waals surface area contributed by atoms with Crippen molar-refractivity contribution in [3.05, 3.63) is 36.5 Å². The van der Waals surface area contributed by atoms with Crippen molar-refractivity contribution in [2.75, 3.05) is 47.5 Å². The minimum Gasteiger partial charge on any atom is -0.756 e. The number of nitrogens with zero attached hydrogens (tertiary/aromatic N) is 1. The Bertz CT molecular complexity index is 1200. The standard InChI is InChI=1S/C50H92NO9P/c1-6-8-10-12-14-16-17-18-19-20-21-22-23-24-25-27-29-31-36-40-49(52)56-44-46(45-58-61(54,55)57-43-42-51(3,4)5)59-50(53)41-37-33-32-35-39-48-47(60-48)38-34-30-28-26-15-13-11-9-7-2/h15,26,30,32,34-35,46-48H,6-14,16-25,27-29,31,33,36-45H2,1-5H3/b26-15-,34-30-,35-32-/t46-,47?,48?/m1/s1. The maximum atomic E-state index is 12.7. The van der Waals surface area contributed by atoms with Gasteiger partial charge in [-0.3, -0.25) is 14.2 Å². The second-order valence-electron chi connectivity index (χ2n) is 18.2. The first-order valence-electron chi connectivity index (χ1n) is 24.8. The lowest BCUT2D eigenvalue weighted by molar-refractivity contribution is -0.870. The molecule has 10 nitrogen and oxygen atoms in total. The van der Waals surface area contributed by atoms with Gasteiger partial charge in [-0.2, -0.15) is 0 Å². The van der Waals surface area contributed by atoms with Crippen LogP contribution in [0.15, 0.2) is 36.5 Å². The Morgan fingerprint density at radius 2 is 1.05 bits per heavy atom. The summed E-state index contributed by atoms with van der Waals surface area (Å²) < 4.78 is 39.8. The zero-order valence-electron chi connectivity index (χ0n) is 39.8. The summed E-state index contributed by atoms with van der Waals surface area (Å²) in [7, 11) is 1.13. The first-order valence-corrected chi connectivity index (χ1v) is 26.3. The number of rotatable bonds is 44. The predicted molar refractivity (Wildman–Crippen MR) is 249 cm³/mol. The predicted octanol–water partition coefficient (Wildman–Crippen LogP) is 12.8. The number of quaternary nitrogens is 1. The molecule has 0 spiro atoms. The number of phosphoric ester groups is 1. The highest BCUT2D eigenvalue weighted by molar-refractivity contribution is 7.45. The highest BCUT2D eigenvalue weighted by Crippen LogP contribution is 2.38. The lowest BCUT2D eigenvalue weighted by Gasteiger charge is -2.28. The molecule has 0 bridgehead atoms. The lowest BCUT2D eigenvalue weighted by atomic mass is 10.0. The smallest absolute Gasteiger partial charge is 0.306 e. The molecule has 1 saturated heterocycles. The molecule has 1 fully saturated rings. The van der Waals surface area contributed by atoms with Crippen molar-refractivity contribution < 1.29 is 46.8 Å². The van der Waals surface area contributed by atoms with Crippen LogP contribution in [0.1, 0.15) is 206 Å². The second-order valence-corrected chi connectivity index (χ2v) is 19.6. The summed E-state index contributed by atoms with van der Waals surface area (Å²) in [5, 5.41) is 0. The van der Waals surface area contributed by atoms with Crippen LogP contribution >= 0.6 is 7.82 Å². The zero-order valence-corrected chi connectivity index (χ0v) is 40.7. The Kier molecular flexibility index (Phi) is 36.2. The molecule has 1 heterocycles. The molecular formula is C50H92NO9P. The maximum absolute atomic E-state index is 12.7. The molecule has 1 aliphatic heterocycles. The van der Waals surface area contributed by atoms with Gasteiger partial charge in [0.25, 0.3) is 7.82 Å². The minimum atomic E-state index is -4.65. The molecule has 3 unspecified atom stereocenters. The highest BCUT2D eigenvalue weighted by Gasteiger charge is 2.36. The SMILES string of the molecule is CCCCC/C=C\C/C=C\CC1OC1C/C=C\CCCC(=O)O[C@H](COC(=O)CCCCCCCCCCCCCCCCCCCCC)COP(=O)([O-])OCC[N+](C)(C)C. The summed E-state index contributed by atoms with van der Waals surface area (Å²) in [6.45, 7) is 4.14. The number of carbonyl (C=O) groups excluding carboxylic acids is 2. The van der Waals surface area contributed by atoms with E-state index in [1.807, 2.05) is 21.1 Å². The van der Waals surface area contributed by atoms with Crippen LogP contribution in [0, 0.1) is 0 Å². The first kappa shape index (κ1) is 57.2. The van der Waals surface area contributed by atoms with Crippen LogP contribution in [-0.2, 0) is 37.4 Å². The monoisotopic (exact) mass is 882 g/mol. The van der Waals surface area contributed by atoms with Gasteiger partial charge < -0.3 is 32.6 Å². The molecule has 0 radical (unpaired) electrons. The second kappa shape index (κ2) is 38.6. The summed E-state index contributed by atoms with van der Waals surface area (Å²) in [6, 6.07) is 0. The topological polar surface area (TPSA) is 124 Å². The number of esters is 2. The molecule has 1 aliphatic rings. The van der Waals surface area contributed by atoms with Gasteiger partial charge in [0.2, 0.25) is 0 Å². The molecule has 61 heavy (non-hydrogen) atoms. The Hall–Kier alpha value is -1.81. The van der Waals surface area contributed by atoms with E-state index in [2.05, 4.69) is 50.3 Å². The number of ether oxygens (including phenoxy) is 3. The Balaban J connectivity index is 2.26. The van der Waals surface area contributed by atoms with Crippen molar-refractivity contribution in [1.82, 2.24) is 0 Å². The number of carbonyl (C=O) groups is 2. The van der Waals surface area contributed by atoms with E-state index in [0.717, 1.165) is 44.9 Å². The van der Waals surface area contributed by atoms with Crippen molar-refractivity contribution in [2.24, 2.45) is 0 Å². The third kappa shape index (κ3) is 39.5. The van der Waals surface area contributed by atoms with Crippen molar-refractivity contribution in [1.29, 1.82) is 0 Å². The fourth-order valence-corrected chi connectivity index (χ4v) is 7.77. The molecule has 0 N–H and O–H groups in total. The molecule has 0 aromatic carbocycles. The Morgan fingerprint density at radius 1 is 0.590 bits per heavy atom. The van der Waals surface area contributed by atoms with Gasteiger partial charge >= 0.3 is 11.9 Å². The Labute approximate surface area is 374 Å². The van der Waals surface area contributed by atoms with E-state index in [1.165, 1.54) is 122 Å². The molecule has 11 heteroatoms. The van der Waals surface area contributed by atoms with E-state index >= 15 is 0 Å². The Morgan fingerprint density at radius 3 is 1.61 bits per heavy atom. The molecule has 0 aromatic rings. The number of hydrogen-bond donors (Lipinski definition) is 0. The summed E-state index contributed by atoms with van der Waals surface area (Å²) in [5.74, 6) is -0.900. The fourth-order valence-electron chi connectivity index (χ4n) is 7.04. The van der Waals surface area contributed by atoms with E-state index in [1.54, 1.807) is 0 Å². The van der Waals surface area contributed by atoms with Crippen LogP contribution in [0.2, 0.25) is 0 Å². The number of epoxide rings is 1. The largest absolute Gasteiger partial charge is 0.756 e. The van der Waals surface area contributed by atoms with Crippen LogP contribution in [0.4, 0.5) is 0 Å². The van der Waals surface area contributed by atoms with E-state index in [9.17, 15) is 19.0 Å². The minimum absolute atomic E-state index is 0.0433. The van der Waals surface area contributed by atoms with E-state index in [0.29, 0.717) is 23.9 Å². The van der Waals surface area contributed by atoms with Crippen molar-refractivity contribution in [2.45, 2.75) is 225 Å². The van der Waals surface area contributed by atoms with Crippen LogP contribution in [-0.4, -0.2) is 82.2 Å². The third-order valence-corrected chi connectivity index (χ3v) is 12.0. The molecule has 1 rings (SSSR count). The molecule has 4 atom stereocenters. The van der Waals surface area contributed by atoms with Crippen molar-refractivity contribution in [3.8, 4) is 0 Å². The average molecular weight is 882 g/mol. The average Bonchev–Trinajstić information content (AvgIpc) is 3.97. The van der Waals surface area contributed by atoms with Gasteiger partial charge in [-0.25, -0.2) is 0 Å². The molecule has 0 saturated carbocycles. The number of phosphoric acid groups is 1. The van der Waals surface area contributed by atoms with Crippen LogP contribution in [0.3, 0.4) is 0 Å². The van der Waals surface area contributed by atoms with Gasteiger partial charge in [-0.15, -0.1) is 0 Å². The van der Waals surface area contributed by atoms with Gasteiger partial charge in [0, 0.05) is 12.8 Å². The fraction of sp³-hybridized carbons (Fsp3) is 0.840. The van der Waals surface area contributed by atoms with Crippen LogP contribution < -0.4 is 4.89 Å². The molecule has 0 amide bonds. The third-order valence-electron chi connectivity index (χ3n) is 11.1. The normalized spacial score (nSPS) is 17.1. The summed E-state index contributed by atoms with van der Waals surface area (Å²) >= 11 is 0. The zero-order chi connectivity index (χ0) is 44.7. The van der Waals surface area contributed by atoms with E-state index < -0.39 is 32.5 Å². The molecular weight excluding hydrogens is 790 g/mol. The summed E-state index contributed by atoms with van der Waals surface area (Å²) in [6.07, 6.45) is 46.3.